The third-order valence-corrected chi connectivity index (χ3v) is 2.01. The Kier molecular flexibility index (Phi) is 5.97. The molecule has 1 aromatic rings. The number of hydrogen-bond donors (Lipinski definition) is 1. The van der Waals surface area contributed by atoms with E-state index in [2.05, 4.69) is 0 Å². The van der Waals surface area contributed by atoms with Gasteiger partial charge in [-0.3, -0.25) is 4.79 Å². The monoisotopic (exact) mass is 229 g/mol. The van der Waals surface area contributed by atoms with E-state index in [1.165, 1.54) is 6.92 Å². The maximum absolute atomic E-state index is 10.6. The average molecular weight is 230 g/mol. The average Bonchev–Trinajstić information content (AvgIpc) is 2.17. The van der Waals surface area contributed by atoms with E-state index in [0.29, 0.717) is 5.75 Å². The summed E-state index contributed by atoms with van der Waals surface area (Å²) in [5.74, 6) is 0.252. The van der Waals surface area contributed by atoms with Gasteiger partial charge in [-0.25, -0.2) is 0 Å². The van der Waals surface area contributed by atoms with Crippen molar-refractivity contribution >= 4 is 18.4 Å². The van der Waals surface area contributed by atoms with Crippen molar-refractivity contribution in [2.24, 2.45) is 5.73 Å². The SMILES string of the molecule is CC[C@@H](N)c1ccc(OC(C)=O)cc1.Cl. The van der Waals surface area contributed by atoms with Crippen molar-refractivity contribution in [2.75, 3.05) is 0 Å². The normalized spacial score (nSPS) is 11.4. The summed E-state index contributed by atoms with van der Waals surface area (Å²) in [4.78, 5) is 10.6. The maximum atomic E-state index is 10.6. The summed E-state index contributed by atoms with van der Waals surface area (Å²) in [5, 5.41) is 0. The lowest BCUT2D eigenvalue weighted by Gasteiger charge is -2.09. The van der Waals surface area contributed by atoms with E-state index in [1.54, 1.807) is 12.1 Å². The summed E-state index contributed by atoms with van der Waals surface area (Å²) in [6.07, 6.45) is 0.896. The Morgan fingerprint density at radius 2 is 1.93 bits per heavy atom. The van der Waals surface area contributed by atoms with Crippen LogP contribution in [-0.4, -0.2) is 5.97 Å². The standard InChI is InChI=1S/C11H15NO2.ClH/c1-3-11(12)9-4-6-10(7-5-9)14-8(2)13;/h4-7,11H,3,12H2,1-2H3;1H/t11-;/m1./s1. The highest BCUT2D eigenvalue weighted by Crippen LogP contribution is 2.18. The highest BCUT2D eigenvalue weighted by Gasteiger charge is 2.03. The summed E-state index contributed by atoms with van der Waals surface area (Å²) >= 11 is 0. The van der Waals surface area contributed by atoms with Crippen molar-refractivity contribution in [2.45, 2.75) is 26.3 Å². The van der Waals surface area contributed by atoms with Crippen molar-refractivity contribution in [3.05, 3.63) is 29.8 Å². The minimum Gasteiger partial charge on any atom is -0.427 e. The van der Waals surface area contributed by atoms with Gasteiger partial charge in [0.1, 0.15) is 5.75 Å². The molecule has 0 spiro atoms. The number of benzene rings is 1. The molecular formula is C11H16ClNO2. The molecule has 15 heavy (non-hydrogen) atoms. The molecule has 0 saturated carbocycles. The van der Waals surface area contributed by atoms with Crippen LogP contribution in [0.25, 0.3) is 0 Å². The summed E-state index contributed by atoms with van der Waals surface area (Å²) in [6, 6.07) is 7.33. The summed E-state index contributed by atoms with van der Waals surface area (Å²) in [5.41, 5.74) is 6.90. The fraction of sp³-hybridized carbons (Fsp3) is 0.364. The molecule has 2 N–H and O–H groups in total. The van der Waals surface area contributed by atoms with Crippen LogP contribution in [0.5, 0.6) is 5.75 Å². The third kappa shape index (κ3) is 4.32. The summed E-state index contributed by atoms with van der Waals surface area (Å²) in [6.45, 7) is 3.41. The van der Waals surface area contributed by atoms with Crippen LogP contribution >= 0.6 is 12.4 Å². The molecule has 0 aliphatic rings. The number of esters is 1. The third-order valence-electron chi connectivity index (χ3n) is 2.01. The fourth-order valence-corrected chi connectivity index (χ4v) is 1.18. The lowest BCUT2D eigenvalue weighted by Crippen LogP contribution is -2.08. The highest BCUT2D eigenvalue weighted by molar-refractivity contribution is 5.85. The first-order valence-electron chi connectivity index (χ1n) is 4.67. The quantitative estimate of drug-likeness (QED) is 0.640. The lowest BCUT2D eigenvalue weighted by atomic mass is 10.1. The number of carbonyl (C=O) groups excluding carboxylic acids is 1. The lowest BCUT2D eigenvalue weighted by molar-refractivity contribution is -0.131. The van der Waals surface area contributed by atoms with Crippen LogP contribution in [0.2, 0.25) is 0 Å². The van der Waals surface area contributed by atoms with Gasteiger partial charge in [-0.1, -0.05) is 19.1 Å². The number of ether oxygens (including phenoxy) is 1. The van der Waals surface area contributed by atoms with Gasteiger partial charge in [0.25, 0.3) is 0 Å². The molecule has 4 heteroatoms. The number of halogens is 1. The van der Waals surface area contributed by atoms with Crippen molar-refractivity contribution in [1.82, 2.24) is 0 Å². The second kappa shape index (κ2) is 6.43. The fourth-order valence-electron chi connectivity index (χ4n) is 1.18. The van der Waals surface area contributed by atoms with Gasteiger partial charge in [0, 0.05) is 13.0 Å². The molecule has 1 atom stereocenters. The zero-order chi connectivity index (χ0) is 10.6. The van der Waals surface area contributed by atoms with Crippen LogP contribution in [0.4, 0.5) is 0 Å². The molecule has 0 aliphatic heterocycles. The van der Waals surface area contributed by atoms with Crippen LogP contribution in [0.1, 0.15) is 31.9 Å². The van der Waals surface area contributed by atoms with Gasteiger partial charge in [0.15, 0.2) is 0 Å². The van der Waals surface area contributed by atoms with Crippen LogP contribution < -0.4 is 10.5 Å². The smallest absolute Gasteiger partial charge is 0.308 e. The Hall–Kier alpha value is -1.06. The molecule has 84 valence electrons. The number of hydrogen-bond acceptors (Lipinski definition) is 3. The van der Waals surface area contributed by atoms with E-state index in [9.17, 15) is 4.79 Å². The van der Waals surface area contributed by atoms with E-state index in [-0.39, 0.29) is 24.4 Å². The largest absolute Gasteiger partial charge is 0.427 e. The van der Waals surface area contributed by atoms with Crippen LogP contribution in [0.15, 0.2) is 24.3 Å². The Morgan fingerprint density at radius 3 is 2.33 bits per heavy atom. The zero-order valence-corrected chi connectivity index (χ0v) is 9.71. The first-order valence-corrected chi connectivity index (χ1v) is 4.67. The molecule has 0 radical (unpaired) electrons. The molecule has 0 fully saturated rings. The molecular weight excluding hydrogens is 214 g/mol. The minimum absolute atomic E-state index is 0. The molecule has 0 amide bonds. The van der Waals surface area contributed by atoms with Crippen molar-refractivity contribution < 1.29 is 9.53 Å². The Bertz CT molecular complexity index is 311. The van der Waals surface area contributed by atoms with Gasteiger partial charge in [0.05, 0.1) is 0 Å². The van der Waals surface area contributed by atoms with E-state index in [4.69, 9.17) is 10.5 Å². The Morgan fingerprint density at radius 1 is 1.40 bits per heavy atom. The molecule has 0 heterocycles. The van der Waals surface area contributed by atoms with E-state index >= 15 is 0 Å². The molecule has 0 unspecified atom stereocenters. The van der Waals surface area contributed by atoms with Crippen LogP contribution in [-0.2, 0) is 4.79 Å². The predicted octanol–water partition coefficient (Wildman–Crippen LogP) is 2.44. The second-order valence-electron chi connectivity index (χ2n) is 3.18. The number of carbonyl (C=O) groups is 1. The topological polar surface area (TPSA) is 52.3 Å². The summed E-state index contributed by atoms with van der Waals surface area (Å²) in [7, 11) is 0. The van der Waals surface area contributed by atoms with Gasteiger partial charge in [0.2, 0.25) is 0 Å². The molecule has 0 saturated heterocycles. The number of rotatable bonds is 3. The molecule has 3 nitrogen and oxygen atoms in total. The minimum atomic E-state index is -0.308. The molecule has 0 aromatic heterocycles. The predicted molar refractivity (Wildman–Crippen MR) is 62.2 cm³/mol. The van der Waals surface area contributed by atoms with Gasteiger partial charge in [-0.05, 0) is 24.1 Å². The Balaban J connectivity index is 0.00000196. The molecule has 1 rings (SSSR count). The van der Waals surface area contributed by atoms with E-state index < -0.39 is 0 Å². The van der Waals surface area contributed by atoms with Crippen molar-refractivity contribution in [3.8, 4) is 5.75 Å². The van der Waals surface area contributed by atoms with Crippen molar-refractivity contribution in [1.29, 1.82) is 0 Å². The molecule has 0 bridgehead atoms. The van der Waals surface area contributed by atoms with Gasteiger partial charge >= 0.3 is 5.97 Å². The Labute approximate surface area is 96.0 Å². The molecule has 1 aromatic carbocycles. The van der Waals surface area contributed by atoms with Crippen molar-refractivity contribution in [3.63, 3.8) is 0 Å². The van der Waals surface area contributed by atoms with E-state index in [0.717, 1.165) is 12.0 Å². The second-order valence-corrected chi connectivity index (χ2v) is 3.18. The summed E-state index contributed by atoms with van der Waals surface area (Å²) < 4.78 is 4.90. The van der Waals surface area contributed by atoms with E-state index in [1.807, 2.05) is 19.1 Å². The maximum Gasteiger partial charge on any atom is 0.308 e. The first-order chi connectivity index (χ1) is 6.63. The zero-order valence-electron chi connectivity index (χ0n) is 8.90. The molecule has 0 aliphatic carbocycles. The van der Waals surface area contributed by atoms with Crippen LogP contribution in [0, 0.1) is 0 Å². The highest BCUT2D eigenvalue weighted by atomic mass is 35.5. The van der Waals surface area contributed by atoms with Crippen LogP contribution in [0.3, 0.4) is 0 Å². The van der Waals surface area contributed by atoms with Gasteiger partial charge in [-0.15, -0.1) is 12.4 Å². The number of nitrogens with two attached hydrogens (primary N) is 1. The first kappa shape index (κ1) is 13.9. The van der Waals surface area contributed by atoms with Gasteiger partial charge < -0.3 is 10.5 Å². The van der Waals surface area contributed by atoms with Gasteiger partial charge in [-0.2, -0.15) is 0 Å².